The molecule has 3 aromatic rings. The van der Waals surface area contributed by atoms with E-state index in [1.807, 2.05) is 41.5 Å². The van der Waals surface area contributed by atoms with Crippen LogP contribution in [0.15, 0.2) is 51.1 Å². The molecule has 0 radical (unpaired) electrons. The first-order valence-corrected chi connectivity index (χ1v) is 17.9. The van der Waals surface area contributed by atoms with Crippen molar-refractivity contribution in [2.24, 2.45) is 0 Å². The van der Waals surface area contributed by atoms with Crippen molar-refractivity contribution in [1.82, 2.24) is 0 Å². The fraction of sp³-hybridized carbons (Fsp3) is 0.364. The molecule has 47 heavy (non-hydrogen) atoms. The fourth-order valence-corrected chi connectivity index (χ4v) is 7.12. The summed E-state index contributed by atoms with van der Waals surface area (Å²) in [5.41, 5.74) is 5.24. The van der Waals surface area contributed by atoms with E-state index in [1.165, 1.54) is 0 Å². The molecule has 0 saturated heterocycles. The Balaban J connectivity index is 0.000000984. The van der Waals surface area contributed by atoms with Crippen molar-refractivity contribution in [2.45, 2.75) is 96.3 Å². The number of rotatable bonds is 9. The summed E-state index contributed by atoms with van der Waals surface area (Å²) in [5.74, 6) is 0.937. The molecular formula is C33H39F6O6PS. The van der Waals surface area contributed by atoms with E-state index in [1.54, 1.807) is 20.8 Å². The topological polar surface area (TPSA) is 78.9 Å². The fourth-order valence-electron chi connectivity index (χ4n) is 4.53. The van der Waals surface area contributed by atoms with Gasteiger partial charge in [0, 0.05) is 55.7 Å². The van der Waals surface area contributed by atoms with Crippen LogP contribution in [0, 0.1) is 41.5 Å². The maximum absolute atomic E-state index is 12.1. The van der Waals surface area contributed by atoms with E-state index in [9.17, 15) is 39.6 Å². The number of halogens is 6. The summed E-state index contributed by atoms with van der Waals surface area (Å²) in [4.78, 5) is 39.4. The Labute approximate surface area is 273 Å². The predicted octanol–water partition coefficient (Wildman–Crippen LogP) is 11.0. The molecule has 0 aliphatic heterocycles. The summed E-state index contributed by atoms with van der Waals surface area (Å²) < 4.78 is 76.1. The van der Waals surface area contributed by atoms with Gasteiger partial charge in [-0.05, 0) is 74.9 Å². The van der Waals surface area contributed by atoms with Crippen molar-refractivity contribution < 1.29 is 53.8 Å². The van der Waals surface area contributed by atoms with Crippen LogP contribution < -0.4 is 14.2 Å². The van der Waals surface area contributed by atoms with E-state index < -0.39 is 18.7 Å². The zero-order chi connectivity index (χ0) is 36.1. The van der Waals surface area contributed by atoms with Crippen molar-refractivity contribution >= 4 is 36.6 Å². The molecule has 0 saturated carbocycles. The molecule has 0 spiro atoms. The van der Waals surface area contributed by atoms with E-state index in [-0.39, 0.29) is 17.9 Å². The maximum atomic E-state index is 12.1. The van der Waals surface area contributed by atoms with Gasteiger partial charge in [0.15, 0.2) is 14.7 Å². The van der Waals surface area contributed by atoms with Crippen molar-refractivity contribution in [3.63, 3.8) is 0 Å². The van der Waals surface area contributed by atoms with Gasteiger partial charge < -0.3 is 14.2 Å². The third-order valence-electron chi connectivity index (χ3n) is 6.52. The minimum atomic E-state index is -10.7. The first-order valence-electron chi connectivity index (χ1n) is 14.6. The Bertz CT molecular complexity index is 1440. The number of aryl methyl sites for hydroxylation is 6. The van der Waals surface area contributed by atoms with Gasteiger partial charge in [-0.25, -0.2) is 0 Å². The monoisotopic (exact) mass is 708 g/mol. The molecule has 0 atom stereocenters. The molecule has 0 fully saturated rings. The molecule has 0 N–H and O–H groups in total. The number of carbonyl (C=O) groups excluding carboxylic acids is 3. The average molecular weight is 709 g/mol. The van der Waals surface area contributed by atoms with Gasteiger partial charge in [0.05, 0.1) is 10.9 Å². The molecule has 0 unspecified atom stereocenters. The van der Waals surface area contributed by atoms with E-state index in [0.29, 0.717) is 36.5 Å². The van der Waals surface area contributed by atoms with Gasteiger partial charge in [0.2, 0.25) is 0 Å². The van der Waals surface area contributed by atoms with Gasteiger partial charge in [-0.1, -0.05) is 20.8 Å². The quantitative estimate of drug-likeness (QED) is 0.0724. The first kappa shape index (κ1) is 39.6. The van der Waals surface area contributed by atoms with Crippen LogP contribution in [0.3, 0.4) is 0 Å². The molecule has 3 rings (SSSR count). The van der Waals surface area contributed by atoms with E-state index in [4.69, 9.17) is 14.2 Å². The van der Waals surface area contributed by atoms with Crippen LogP contribution in [-0.2, 0) is 25.3 Å². The van der Waals surface area contributed by atoms with Gasteiger partial charge in [-0.3, -0.25) is 14.4 Å². The zero-order valence-electron chi connectivity index (χ0n) is 27.7. The van der Waals surface area contributed by atoms with Crippen molar-refractivity contribution in [3.8, 4) is 17.2 Å². The molecule has 0 bridgehead atoms. The second-order valence-electron chi connectivity index (χ2n) is 10.9. The number of esters is 3. The summed E-state index contributed by atoms with van der Waals surface area (Å²) in [6.45, 7) is 17.0. The summed E-state index contributed by atoms with van der Waals surface area (Å²) in [5, 5.41) is 0. The van der Waals surface area contributed by atoms with Crippen LogP contribution >= 0.6 is 7.81 Å². The van der Waals surface area contributed by atoms with Crippen LogP contribution in [-0.4, -0.2) is 17.9 Å². The SMILES string of the molecule is CCC(=O)Oc1c(C)cc([S+](c2cc(C)c(OC(=O)CC)c(C)c2)c2cc(C)c(OC(=O)CC)c(C)c2)cc1C.F[P-](F)(F)(F)(F)F. The standard InChI is InChI=1S/C33H39O6S.F6P/c1-10-28(34)37-31-19(4)13-25(14-20(31)5)40(26-15-21(6)32(22(7)16-26)38-29(35)11-2)27-17-23(8)33(24(9)18-27)39-30(36)12-3;1-7(2,3,4,5)6/h13-18H,10-12H2,1-9H3;/q+1;-1. The van der Waals surface area contributed by atoms with Crippen LogP contribution in [0.25, 0.3) is 0 Å². The minimum absolute atomic E-state index is 0.273. The molecule has 0 heterocycles. The third-order valence-corrected chi connectivity index (χ3v) is 8.64. The van der Waals surface area contributed by atoms with E-state index in [2.05, 4.69) is 36.4 Å². The molecule has 14 heteroatoms. The molecule has 0 amide bonds. The Morgan fingerprint density at radius 3 is 0.809 bits per heavy atom. The molecule has 3 aromatic carbocycles. The normalized spacial score (nSPS) is 12.8. The van der Waals surface area contributed by atoms with E-state index >= 15 is 0 Å². The molecule has 0 aromatic heterocycles. The van der Waals surface area contributed by atoms with Gasteiger partial charge in [-0.15, -0.1) is 0 Å². The zero-order valence-corrected chi connectivity index (χ0v) is 29.4. The van der Waals surface area contributed by atoms with Gasteiger partial charge in [0.25, 0.3) is 0 Å². The van der Waals surface area contributed by atoms with E-state index in [0.717, 1.165) is 48.1 Å². The number of hydrogen-bond donors (Lipinski definition) is 0. The third kappa shape index (κ3) is 12.5. The Morgan fingerprint density at radius 1 is 0.489 bits per heavy atom. The predicted molar refractivity (Wildman–Crippen MR) is 171 cm³/mol. The Hall–Kier alpha value is -3.57. The van der Waals surface area contributed by atoms with Gasteiger partial charge >= 0.3 is 50.9 Å². The van der Waals surface area contributed by atoms with Gasteiger partial charge in [-0.2, -0.15) is 0 Å². The van der Waals surface area contributed by atoms with Crippen LogP contribution in [0.5, 0.6) is 17.2 Å². The van der Waals surface area contributed by atoms with Crippen LogP contribution in [0.2, 0.25) is 0 Å². The van der Waals surface area contributed by atoms with Gasteiger partial charge in [0.1, 0.15) is 17.2 Å². The average Bonchev–Trinajstić information content (AvgIpc) is 2.92. The first-order chi connectivity index (χ1) is 21.3. The number of ether oxygens (including phenoxy) is 3. The second-order valence-corrected chi connectivity index (χ2v) is 14.8. The molecule has 0 aliphatic rings. The Morgan fingerprint density at radius 2 is 0.660 bits per heavy atom. The summed E-state index contributed by atoms with van der Waals surface area (Å²) in [6, 6.07) is 12.4. The molecule has 6 nitrogen and oxygen atoms in total. The van der Waals surface area contributed by atoms with Crippen LogP contribution in [0.4, 0.5) is 25.2 Å². The number of benzene rings is 3. The number of hydrogen-bond acceptors (Lipinski definition) is 6. The summed E-state index contributed by atoms with van der Waals surface area (Å²) in [6.07, 6.45) is 0.893. The number of carbonyl (C=O) groups is 3. The summed E-state index contributed by atoms with van der Waals surface area (Å²) in [7, 11) is -11.2. The molecular weight excluding hydrogens is 669 g/mol. The second kappa shape index (κ2) is 14.3. The summed E-state index contributed by atoms with van der Waals surface area (Å²) >= 11 is 0. The van der Waals surface area contributed by atoms with Crippen molar-refractivity contribution in [3.05, 3.63) is 69.8 Å². The van der Waals surface area contributed by atoms with Crippen molar-refractivity contribution in [1.29, 1.82) is 0 Å². The Kier molecular flexibility index (Phi) is 12.0. The molecule has 260 valence electrons. The van der Waals surface area contributed by atoms with Crippen LogP contribution in [0.1, 0.15) is 73.4 Å². The van der Waals surface area contributed by atoms with Crippen molar-refractivity contribution in [2.75, 3.05) is 0 Å². The molecule has 0 aliphatic carbocycles.